The number of hydrogen-bond donors (Lipinski definition) is 1. The summed E-state index contributed by atoms with van der Waals surface area (Å²) in [6.45, 7) is 6.09. The average Bonchev–Trinajstić information content (AvgIpc) is 2.58. The molecule has 2 rings (SSSR count). The van der Waals surface area contributed by atoms with Gasteiger partial charge in [-0.1, -0.05) is 13.8 Å². The van der Waals surface area contributed by atoms with E-state index < -0.39 is 0 Å². The van der Waals surface area contributed by atoms with Crippen LogP contribution < -0.4 is 5.73 Å². The number of aryl methyl sites for hydroxylation is 1. The Morgan fingerprint density at radius 2 is 2.33 bits per heavy atom. The average molecular weight is 208 g/mol. The Hall–Kier alpha value is -0.900. The van der Waals surface area contributed by atoms with E-state index in [1.54, 1.807) is 0 Å². The van der Waals surface area contributed by atoms with Gasteiger partial charge in [-0.05, 0) is 18.8 Å². The maximum Gasteiger partial charge on any atom is 0.151 e. The zero-order valence-electron chi connectivity index (χ0n) is 9.61. The van der Waals surface area contributed by atoms with Crippen LogP contribution in [0.4, 0.5) is 0 Å². The number of nitrogens with two attached hydrogens (primary N) is 1. The van der Waals surface area contributed by atoms with Crippen molar-refractivity contribution in [2.75, 3.05) is 6.54 Å². The maximum absolute atomic E-state index is 5.75. The molecule has 1 aromatic heterocycles. The number of fused-ring (bicyclic) bond motifs is 1. The highest BCUT2D eigenvalue weighted by atomic mass is 15.4. The molecule has 0 radical (unpaired) electrons. The van der Waals surface area contributed by atoms with Crippen molar-refractivity contribution in [3.63, 3.8) is 0 Å². The Morgan fingerprint density at radius 3 is 3.00 bits per heavy atom. The van der Waals surface area contributed by atoms with Crippen LogP contribution in [0, 0.1) is 5.92 Å². The molecule has 2 N–H and O–H groups in total. The minimum atomic E-state index is 0.423. The van der Waals surface area contributed by atoms with Crippen molar-refractivity contribution < 1.29 is 0 Å². The van der Waals surface area contributed by atoms with Crippen LogP contribution in [0.1, 0.15) is 44.3 Å². The van der Waals surface area contributed by atoms with Gasteiger partial charge in [0.1, 0.15) is 5.82 Å². The van der Waals surface area contributed by atoms with Crippen LogP contribution >= 0.6 is 0 Å². The lowest BCUT2D eigenvalue weighted by Crippen LogP contribution is -2.22. The second kappa shape index (κ2) is 4.31. The van der Waals surface area contributed by atoms with Crippen molar-refractivity contribution in [2.45, 2.75) is 45.6 Å². The third-order valence-corrected chi connectivity index (χ3v) is 2.91. The van der Waals surface area contributed by atoms with E-state index >= 15 is 0 Å². The van der Waals surface area contributed by atoms with E-state index in [4.69, 9.17) is 5.73 Å². The molecule has 15 heavy (non-hydrogen) atoms. The van der Waals surface area contributed by atoms with E-state index in [0.717, 1.165) is 31.0 Å². The number of aromatic nitrogens is 3. The van der Waals surface area contributed by atoms with Crippen molar-refractivity contribution in [3.8, 4) is 0 Å². The Kier molecular flexibility index (Phi) is 3.05. The topological polar surface area (TPSA) is 56.7 Å². The predicted molar refractivity (Wildman–Crippen MR) is 59.6 cm³/mol. The molecule has 0 saturated carbocycles. The largest absolute Gasteiger partial charge is 0.330 e. The third-order valence-electron chi connectivity index (χ3n) is 2.91. The lowest BCUT2D eigenvalue weighted by molar-refractivity contribution is 0.418. The summed E-state index contributed by atoms with van der Waals surface area (Å²) >= 11 is 0. The molecular formula is C11H20N4. The van der Waals surface area contributed by atoms with Gasteiger partial charge in [0.15, 0.2) is 5.82 Å². The first kappa shape index (κ1) is 10.6. The number of rotatable bonds is 3. The van der Waals surface area contributed by atoms with Gasteiger partial charge >= 0.3 is 0 Å². The molecule has 1 unspecified atom stereocenters. The summed E-state index contributed by atoms with van der Waals surface area (Å²) in [6, 6.07) is 0. The summed E-state index contributed by atoms with van der Waals surface area (Å²) in [5, 5.41) is 4.54. The summed E-state index contributed by atoms with van der Waals surface area (Å²) in [5.41, 5.74) is 5.75. The van der Waals surface area contributed by atoms with Crippen LogP contribution in [0.2, 0.25) is 0 Å². The molecule has 1 aromatic rings. The molecule has 0 amide bonds. The van der Waals surface area contributed by atoms with Crippen LogP contribution in [-0.4, -0.2) is 21.3 Å². The lowest BCUT2D eigenvalue weighted by Gasteiger charge is -2.19. The molecular weight excluding hydrogens is 188 g/mol. The molecule has 1 aliphatic heterocycles. The van der Waals surface area contributed by atoms with Gasteiger partial charge in [-0.2, -0.15) is 5.10 Å². The van der Waals surface area contributed by atoms with Gasteiger partial charge in [0, 0.05) is 25.4 Å². The predicted octanol–water partition coefficient (Wildman–Crippen LogP) is 1.31. The Morgan fingerprint density at radius 1 is 1.53 bits per heavy atom. The van der Waals surface area contributed by atoms with Gasteiger partial charge in [-0.15, -0.1) is 0 Å². The fourth-order valence-corrected chi connectivity index (χ4v) is 2.16. The summed E-state index contributed by atoms with van der Waals surface area (Å²) in [7, 11) is 0. The second-order valence-corrected chi connectivity index (χ2v) is 4.78. The van der Waals surface area contributed by atoms with Gasteiger partial charge in [0.05, 0.1) is 0 Å². The van der Waals surface area contributed by atoms with E-state index in [1.165, 1.54) is 6.42 Å². The molecule has 1 atom stereocenters. The monoisotopic (exact) mass is 208 g/mol. The Balaban J connectivity index is 2.21. The molecule has 0 saturated heterocycles. The quantitative estimate of drug-likeness (QED) is 0.815. The van der Waals surface area contributed by atoms with E-state index in [9.17, 15) is 0 Å². The van der Waals surface area contributed by atoms with Crippen molar-refractivity contribution in [1.29, 1.82) is 0 Å². The van der Waals surface area contributed by atoms with Gasteiger partial charge in [0.25, 0.3) is 0 Å². The maximum atomic E-state index is 5.75. The van der Waals surface area contributed by atoms with E-state index in [2.05, 4.69) is 28.6 Å². The van der Waals surface area contributed by atoms with Crippen LogP contribution in [0.25, 0.3) is 0 Å². The van der Waals surface area contributed by atoms with Crippen LogP contribution in [0.3, 0.4) is 0 Å². The molecule has 4 nitrogen and oxygen atoms in total. The van der Waals surface area contributed by atoms with E-state index in [1.807, 2.05) is 0 Å². The molecule has 0 spiro atoms. The number of nitrogens with zero attached hydrogens (tertiary/aromatic N) is 3. The second-order valence-electron chi connectivity index (χ2n) is 4.78. The zero-order chi connectivity index (χ0) is 10.8. The van der Waals surface area contributed by atoms with Crippen LogP contribution in [0.15, 0.2) is 0 Å². The molecule has 0 aromatic carbocycles. The van der Waals surface area contributed by atoms with E-state index in [0.29, 0.717) is 18.4 Å². The lowest BCUT2D eigenvalue weighted by atomic mass is 10.00. The van der Waals surface area contributed by atoms with Crippen molar-refractivity contribution >= 4 is 0 Å². The Bertz CT molecular complexity index is 329. The van der Waals surface area contributed by atoms with Gasteiger partial charge in [0.2, 0.25) is 0 Å². The normalized spacial score (nSPS) is 20.7. The molecule has 0 fully saturated rings. The molecule has 4 heteroatoms. The van der Waals surface area contributed by atoms with Crippen molar-refractivity contribution in [3.05, 3.63) is 11.6 Å². The SMILES string of the molecule is CC(C)Cc1nc2n(n1)CCCC2CN. The zero-order valence-corrected chi connectivity index (χ0v) is 9.61. The molecule has 84 valence electrons. The molecule has 1 aliphatic rings. The van der Waals surface area contributed by atoms with Crippen molar-refractivity contribution in [1.82, 2.24) is 14.8 Å². The fraction of sp³-hybridized carbons (Fsp3) is 0.818. The highest BCUT2D eigenvalue weighted by Gasteiger charge is 2.22. The highest BCUT2D eigenvalue weighted by molar-refractivity contribution is 5.03. The van der Waals surface area contributed by atoms with Gasteiger partial charge < -0.3 is 5.73 Å². The summed E-state index contributed by atoms with van der Waals surface area (Å²) in [4.78, 5) is 4.62. The summed E-state index contributed by atoms with van der Waals surface area (Å²) in [5.74, 6) is 3.14. The minimum absolute atomic E-state index is 0.423. The standard InChI is InChI=1S/C11H20N4/c1-8(2)6-10-13-11-9(7-12)4-3-5-15(11)14-10/h8-9H,3-7,12H2,1-2H3. The van der Waals surface area contributed by atoms with Crippen molar-refractivity contribution in [2.24, 2.45) is 11.7 Å². The third kappa shape index (κ3) is 2.20. The summed E-state index contributed by atoms with van der Waals surface area (Å²) in [6.07, 6.45) is 3.31. The van der Waals surface area contributed by atoms with Gasteiger partial charge in [-0.3, -0.25) is 0 Å². The number of hydrogen-bond acceptors (Lipinski definition) is 3. The smallest absolute Gasteiger partial charge is 0.151 e. The van der Waals surface area contributed by atoms with Crippen LogP contribution in [0.5, 0.6) is 0 Å². The first-order chi connectivity index (χ1) is 7.20. The Labute approximate surface area is 90.9 Å². The molecule has 2 heterocycles. The summed E-state index contributed by atoms with van der Waals surface area (Å²) < 4.78 is 2.05. The highest BCUT2D eigenvalue weighted by Crippen LogP contribution is 2.24. The minimum Gasteiger partial charge on any atom is -0.330 e. The first-order valence-corrected chi connectivity index (χ1v) is 5.84. The van der Waals surface area contributed by atoms with Gasteiger partial charge in [-0.25, -0.2) is 9.67 Å². The van der Waals surface area contributed by atoms with Crippen LogP contribution in [-0.2, 0) is 13.0 Å². The molecule has 0 bridgehead atoms. The first-order valence-electron chi connectivity index (χ1n) is 5.84. The van der Waals surface area contributed by atoms with E-state index in [-0.39, 0.29) is 0 Å². The molecule has 0 aliphatic carbocycles. The fourth-order valence-electron chi connectivity index (χ4n) is 2.16.